The van der Waals surface area contributed by atoms with Crippen molar-refractivity contribution in [2.24, 2.45) is 0 Å². The van der Waals surface area contributed by atoms with Crippen LogP contribution in [0, 0.1) is 0 Å². The summed E-state index contributed by atoms with van der Waals surface area (Å²) < 4.78 is 24.2. The predicted molar refractivity (Wildman–Crippen MR) is 76.2 cm³/mol. The van der Waals surface area contributed by atoms with Crippen LogP contribution in [0.2, 0.25) is 5.02 Å². The molecule has 0 saturated carbocycles. The van der Waals surface area contributed by atoms with Crippen LogP contribution in [0.3, 0.4) is 0 Å². The van der Waals surface area contributed by atoms with Crippen molar-refractivity contribution in [3.05, 3.63) is 29.0 Å². The molecule has 0 atom stereocenters. The molecule has 2 rings (SSSR count). The van der Waals surface area contributed by atoms with Gasteiger partial charge in [0.1, 0.15) is 5.69 Å². The lowest BCUT2D eigenvalue weighted by molar-refractivity contribution is 0.0919. The summed E-state index contributed by atoms with van der Waals surface area (Å²) in [6.45, 7) is 0.847. The number of pyridine rings is 1. The number of amides is 1. The van der Waals surface area contributed by atoms with Crippen molar-refractivity contribution >= 4 is 27.5 Å². The van der Waals surface area contributed by atoms with E-state index in [-0.39, 0.29) is 17.6 Å². The molecule has 1 aliphatic heterocycles. The SMILES string of the molecule is CS(=O)(=O)N1CCC(NC(=O)c2cc(Cl)ccn2)CC1. The highest BCUT2D eigenvalue weighted by Crippen LogP contribution is 2.14. The Kier molecular flexibility index (Phi) is 4.62. The lowest BCUT2D eigenvalue weighted by Crippen LogP contribution is -2.46. The van der Waals surface area contributed by atoms with Gasteiger partial charge in [-0.25, -0.2) is 12.7 Å². The Morgan fingerprint density at radius 2 is 2.10 bits per heavy atom. The van der Waals surface area contributed by atoms with E-state index in [1.54, 1.807) is 6.07 Å². The summed E-state index contributed by atoms with van der Waals surface area (Å²) in [5, 5.41) is 3.31. The summed E-state index contributed by atoms with van der Waals surface area (Å²) in [6, 6.07) is 3.06. The maximum absolute atomic E-state index is 12.0. The molecule has 2 heterocycles. The third kappa shape index (κ3) is 3.91. The third-order valence-electron chi connectivity index (χ3n) is 3.21. The number of carbonyl (C=O) groups excluding carboxylic acids is 1. The van der Waals surface area contributed by atoms with E-state index in [9.17, 15) is 13.2 Å². The van der Waals surface area contributed by atoms with Gasteiger partial charge in [-0.05, 0) is 25.0 Å². The molecule has 1 aromatic heterocycles. The Labute approximate surface area is 123 Å². The molecule has 0 bridgehead atoms. The summed E-state index contributed by atoms with van der Waals surface area (Å²) in [5.74, 6) is -0.287. The summed E-state index contributed by atoms with van der Waals surface area (Å²) in [4.78, 5) is 15.9. The van der Waals surface area contributed by atoms with Gasteiger partial charge >= 0.3 is 0 Å². The van der Waals surface area contributed by atoms with Crippen LogP contribution >= 0.6 is 11.6 Å². The number of nitrogens with zero attached hydrogens (tertiary/aromatic N) is 2. The lowest BCUT2D eigenvalue weighted by Gasteiger charge is -2.30. The van der Waals surface area contributed by atoms with Gasteiger partial charge < -0.3 is 5.32 Å². The lowest BCUT2D eigenvalue weighted by atomic mass is 10.1. The van der Waals surface area contributed by atoms with Gasteiger partial charge in [-0.2, -0.15) is 0 Å². The normalized spacial score (nSPS) is 17.9. The average molecular weight is 318 g/mol. The highest BCUT2D eigenvalue weighted by molar-refractivity contribution is 7.88. The number of carbonyl (C=O) groups is 1. The number of aromatic nitrogens is 1. The van der Waals surface area contributed by atoms with Crippen LogP contribution < -0.4 is 5.32 Å². The summed E-state index contributed by atoms with van der Waals surface area (Å²) in [5.41, 5.74) is 0.267. The van der Waals surface area contributed by atoms with Crippen LogP contribution in [0.25, 0.3) is 0 Å². The molecular formula is C12H16ClN3O3S. The summed E-state index contributed by atoms with van der Waals surface area (Å²) >= 11 is 5.81. The maximum atomic E-state index is 12.0. The molecule has 1 N–H and O–H groups in total. The minimum absolute atomic E-state index is 0.0405. The number of nitrogens with one attached hydrogen (secondary N) is 1. The number of piperidine rings is 1. The largest absolute Gasteiger partial charge is 0.348 e. The van der Waals surface area contributed by atoms with Crippen LogP contribution in [-0.4, -0.2) is 49.0 Å². The second kappa shape index (κ2) is 6.07. The molecule has 0 aromatic carbocycles. The molecule has 1 saturated heterocycles. The smallest absolute Gasteiger partial charge is 0.270 e. The molecule has 8 heteroatoms. The minimum Gasteiger partial charge on any atom is -0.348 e. The van der Waals surface area contributed by atoms with Gasteiger partial charge in [-0.15, -0.1) is 0 Å². The van der Waals surface area contributed by atoms with E-state index in [0.717, 1.165) is 0 Å². The second-order valence-electron chi connectivity index (χ2n) is 4.77. The summed E-state index contributed by atoms with van der Waals surface area (Å²) in [6.07, 6.45) is 3.87. The topological polar surface area (TPSA) is 79.4 Å². The predicted octanol–water partition coefficient (Wildman–Crippen LogP) is 0.889. The van der Waals surface area contributed by atoms with Crippen molar-refractivity contribution in [3.8, 4) is 0 Å². The van der Waals surface area contributed by atoms with E-state index in [2.05, 4.69) is 10.3 Å². The second-order valence-corrected chi connectivity index (χ2v) is 7.19. The fourth-order valence-corrected chi connectivity index (χ4v) is 3.15. The molecule has 0 radical (unpaired) electrons. The molecular weight excluding hydrogens is 302 g/mol. The average Bonchev–Trinajstić information content (AvgIpc) is 2.38. The van der Waals surface area contributed by atoms with Gasteiger partial charge in [-0.1, -0.05) is 11.6 Å². The van der Waals surface area contributed by atoms with Crippen molar-refractivity contribution in [2.45, 2.75) is 18.9 Å². The van der Waals surface area contributed by atoms with Crippen LogP contribution in [0.15, 0.2) is 18.3 Å². The zero-order valence-corrected chi connectivity index (χ0v) is 12.6. The molecule has 0 unspecified atom stereocenters. The maximum Gasteiger partial charge on any atom is 0.270 e. The molecule has 110 valence electrons. The molecule has 1 aliphatic rings. The van der Waals surface area contributed by atoms with E-state index in [1.807, 2.05) is 0 Å². The van der Waals surface area contributed by atoms with E-state index < -0.39 is 10.0 Å². The fraction of sp³-hybridized carbons (Fsp3) is 0.500. The van der Waals surface area contributed by atoms with Crippen LogP contribution in [-0.2, 0) is 10.0 Å². The zero-order chi connectivity index (χ0) is 14.8. The van der Waals surface area contributed by atoms with Gasteiger partial charge in [0, 0.05) is 30.4 Å². The Hall–Kier alpha value is -1.18. The minimum atomic E-state index is -3.14. The van der Waals surface area contributed by atoms with Crippen LogP contribution in [0.5, 0.6) is 0 Å². The van der Waals surface area contributed by atoms with Crippen LogP contribution in [0.1, 0.15) is 23.3 Å². The highest BCUT2D eigenvalue weighted by Gasteiger charge is 2.26. The number of hydrogen-bond donors (Lipinski definition) is 1. The van der Waals surface area contributed by atoms with Crippen molar-refractivity contribution in [2.75, 3.05) is 19.3 Å². The summed E-state index contributed by atoms with van der Waals surface area (Å²) in [7, 11) is -3.14. The molecule has 0 spiro atoms. The first-order valence-electron chi connectivity index (χ1n) is 6.24. The van der Waals surface area contributed by atoms with Gasteiger partial charge in [0.25, 0.3) is 5.91 Å². The molecule has 1 amide bonds. The first-order valence-corrected chi connectivity index (χ1v) is 8.46. The zero-order valence-electron chi connectivity index (χ0n) is 11.0. The number of rotatable bonds is 3. The molecule has 1 fully saturated rings. The van der Waals surface area contributed by atoms with E-state index in [4.69, 9.17) is 11.6 Å². The molecule has 1 aromatic rings. The number of halogens is 1. The Morgan fingerprint density at radius 3 is 2.65 bits per heavy atom. The van der Waals surface area contributed by atoms with E-state index in [1.165, 1.54) is 22.8 Å². The van der Waals surface area contributed by atoms with Gasteiger partial charge in [0.15, 0.2) is 0 Å². The first kappa shape index (κ1) is 15.2. The van der Waals surface area contributed by atoms with Gasteiger partial charge in [0.2, 0.25) is 10.0 Å². The Morgan fingerprint density at radius 1 is 1.45 bits per heavy atom. The molecule has 6 nitrogen and oxygen atoms in total. The fourth-order valence-electron chi connectivity index (χ4n) is 2.12. The quantitative estimate of drug-likeness (QED) is 0.898. The van der Waals surface area contributed by atoms with E-state index >= 15 is 0 Å². The standard InChI is InChI=1S/C12H16ClN3O3S/c1-20(18,19)16-6-3-10(4-7-16)15-12(17)11-8-9(13)2-5-14-11/h2,5,8,10H,3-4,6-7H2,1H3,(H,15,17). The molecule has 0 aliphatic carbocycles. The Bertz CT molecular complexity index is 598. The number of sulfonamides is 1. The van der Waals surface area contributed by atoms with Gasteiger partial charge in [0.05, 0.1) is 6.26 Å². The third-order valence-corrected chi connectivity index (χ3v) is 4.75. The monoisotopic (exact) mass is 317 g/mol. The van der Waals surface area contributed by atoms with Crippen molar-refractivity contribution in [1.82, 2.24) is 14.6 Å². The first-order chi connectivity index (χ1) is 9.36. The van der Waals surface area contributed by atoms with Crippen molar-refractivity contribution in [3.63, 3.8) is 0 Å². The van der Waals surface area contributed by atoms with Gasteiger partial charge in [-0.3, -0.25) is 9.78 Å². The van der Waals surface area contributed by atoms with Crippen molar-refractivity contribution in [1.29, 1.82) is 0 Å². The number of hydrogen-bond acceptors (Lipinski definition) is 4. The van der Waals surface area contributed by atoms with E-state index in [0.29, 0.717) is 31.0 Å². The van der Waals surface area contributed by atoms with Crippen LogP contribution in [0.4, 0.5) is 0 Å². The highest BCUT2D eigenvalue weighted by atomic mass is 35.5. The Balaban J connectivity index is 1.91. The van der Waals surface area contributed by atoms with Crippen molar-refractivity contribution < 1.29 is 13.2 Å². The molecule has 20 heavy (non-hydrogen) atoms.